The molecule has 0 heterocycles. The van der Waals surface area contributed by atoms with Crippen molar-refractivity contribution < 1.29 is 17.9 Å². The summed E-state index contributed by atoms with van der Waals surface area (Å²) in [5.74, 6) is 1.90. The molecule has 0 amide bonds. The van der Waals surface area contributed by atoms with Crippen LogP contribution in [0.15, 0.2) is 0 Å². The van der Waals surface area contributed by atoms with Crippen molar-refractivity contribution in [3.05, 3.63) is 0 Å². The first-order valence-corrected chi connectivity index (χ1v) is 7.80. The highest BCUT2D eigenvalue weighted by Crippen LogP contribution is 2.38. The lowest BCUT2D eigenvalue weighted by Crippen LogP contribution is -2.30. The maximum Gasteiger partial charge on any atom is 0.411 e. The van der Waals surface area contributed by atoms with Gasteiger partial charge < -0.3 is 10.5 Å². The first kappa shape index (κ1) is 17.8. The molecular weight excluding hydrogens is 267 g/mol. The molecule has 120 valence electrons. The molecule has 20 heavy (non-hydrogen) atoms. The molecule has 3 atom stereocenters. The van der Waals surface area contributed by atoms with Crippen molar-refractivity contribution in [2.75, 3.05) is 19.8 Å². The minimum absolute atomic E-state index is 0.200. The van der Waals surface area contributed by atoms with Gasteiger partial charge in [-0.1, -0.05) is 26.2 Å². The summed E-state index contributed by atoms with van der Waals surface area (Å²) in [6.45, 7) is 1.98. The monoisotopic (exact) mass is 295 g/mol. The maximum absolute atomic E-state index is 11.9. The summed E-state index contributed by atoms with van der Waals surface area (Å²) in [6, 6.07) is 0. The summed E-state index contributed by atoms with van der Waals surface area (Å²) in [4.78, 5) is 0. The van der Waals surface area contributed by atoms with Crippen molar-refractivity contribution in [1.82, 2.24) is 0 Å². The molecule has 0 saturated heterocycles. The summed E-state index contributed by atoms with van der Waals surface area (Å²) in [6.07, 6.45) is 3.53. The molecule has 2 N–H and O–H groups in total. The van der Waals surface area contributed by atoms with Gasteiger partial charge in [-0.2, -0.15) is 13.2 Å². The highest BCUT2D eigenvalue weighted by Gasteiger charge is 2.29. The highest BCUT2D eigenvalue weighted by molar-refractivity contribution is 4.80. The minimum atomic E-state index is -4.21. The van der Waals surface area contributed by atoms with E-state index >= 15 is 0 Å². The Bertz CT molecular complexity index is 258. The van der Waals surface area contributed by atoms with Crippen LogP contribution in [0.25, 0.3) is 0 Å². The van der Waals surface area contributed by atoms with E-state index < -0.39 is 12.8 Å². The van der Waals surface area contributed by atoms with Gasteiger partial charge in [-0.05, 0) is 50.0 Å². The number of halogens is 3. The van der Waals surface area contributed by atoms with Crippen LogP contribution in [0.4, 0.5) is 13.2 Å². The van der Waals surface area contributed by atoms with Crippen molar-refractivity contribution >= 4 is 0 Å². The molecule has 0 bridgehead atoms. The van der Waals surface area contributed by atoms with E-state index in [0.29, 0.717) is 24.8 Å². The van der Waals surface area contributed by atoms with Gasteiger partial charge in [0, 0.05) is 6.61 Å². The fraction of sp³-hybridized carbons (Fsp3) is 1.00. The van der Waals surface area contributed by atoms with Crippen LogP contribution in [0.2, 0.25) is 0 Å². The Morgan fingerprint density at radius 1 is 1.15 bits per heavy atom. The second-order valence-electron chi connectivity index (χ2n) is 6.03. The third kappa shape index (κ3) is 6.93. The first-order valence-electron chi connectivity index (χ1n) is 7.80. The third-order valence-electron chi connectivity index (χ3n) is 4.38. The summed E-state index contributed by atoms with van der Waals surface area (Å²) >= 11 is 0. The van der Waals surface area contributed by atoms with E-state index in [1.54, 1.807) is 0 Å². The molecule has 0 aromatic carbocycles. The topological polar surface area (TPSA) is 35.2 Å². The molecule has 0 radical (unpaired) electrons. The fourth-order valence-electron chi connectivity index (χ4n) is 3.39. The smallest absolute Gasteiger partial charge is 0.372 e. The number of hydrogen-bond donors (Lipinski definition) is 1. The van der Waals surface area contributed by atoms with Crippen LogP contribution in [0.1, 0.15) is 51.9 Å². The lowest BCUT2D eigenvalue weighted by atomic mass is 9.71. The van der Waals surface area contributed by atoms with E-state index in [9.17, 15) is 13.2 Å². The SMILES string of the molecule is CCCC1CCC(CN)C(CCCOCC(F)(F)F)C1. The standard InChI is InChI=1S/C15H28F3NO/c1-2-4-12-6-7-14(10-19)13(9-12)5-3-8-20-11-15(16,17)18/h12-14H,2-11,19H2,1H3. The van der Waals surface area contributed by atoms with Crippen LogP contribution in [-0.4, -0.2) is 25.9 Å². The molecule has 1 aliphatic carbocycles. The van der Waals surface area contributed by atoms with Crippen LogP contribution in [-0.2, 0) is 4.74 Å². The number of ether oxygens (including phenoxy) is 1. The van der Waals surface area contributed by atoms with Gasteiger partial charge in [-0.15, -0.1) is 0 Å². The lowest BCUT2D eigenvalue weighted by Gasteiger charge is -2.35. The van der Waals surface area contributed by atoms with Gasteiger partial charge in [0.15, 0.2) is 0 Å². The van der Waals surface area contributed by atoms with E-state index in [0.717, 1.165) is 12.3 Å². The van der Waals surface area contributed by atoms with Gasteiger partial charge in [-0.25, -0.2) is 0 Å². The molecule has 0 aromatic rings. The normalized spacial score (nSPS) is 27.8. The summed E-state index contributed by atoms with van der Waals surface area (Å²) < 4.78 is 40.5. The number of nitrogens with two attached hydrogens (primary N) is 1. The van der Waals surface area contributed by atoms with Crippen LogP contribution < -0.4 is 5.73 Å². The Morgan fingerprint density at radius 2 is 1.90 bits per heavy atom. The molecule has 5 heteroatoms. The first-order chi connectivity index (χ1) is 9.46. The van der Waals surface area contributed by atoms with Gasteiger partial charge in [0.2, 0.25) is 0 Å². The average molecular weight is 295 g/mol. The average Bonchev–Trinajstić information content (AvgIpc) is 2.38. The Kier molecular flexibility index (Phi) is 7.88. The van der Waals surface area contributed by atoms with Gasteiger partial charge >= 0.3 is 6.18 Å². The number of hydrogen-bond acceptors (Lipinski definition) is 2. The zero-order chi connectivity index (χ0) is 15.0. The molecular formula is C15H28F3NO. The molecule has 0 aliphatic heterocycles. The predicted octanol–water partition coefficient (Wildman–Crippen LogP) is 4.14. The summed E-state index contributed by atoms with van der Waals surface area (Å²) in [7, 11) is 0. The van der Waals surface area contributed by atoms with Gasteiger partial charge in [0.05, 0.1) is 0 Å². The molecule has 1 aliphatic rings. The largest absolute Gasteiger partial charge is 0.411 e. The van der Waals surface area contributed by atoms with Crippen molar-refractivity contribution in [2.45, 2.75) is 58.0 Å². The van der Waals surface area contributed by atoms with E-state index in [4.69, 9.17) is 5.73 Å². The van der Waals surface area contributed by atoms with Crippen LogP contribution >= 0.6 is 0 Å². The molecule has 0 aromatic heterocycles. The zero-order valence-electron chi connectivity index (χ0n) is 12.4. The van der Waals surface area contributed by atoms with E-state index in [-0.39, 0.29) is 6.61 Å². The summed E-state index contributed by atoms with van der Waals surface area (Å²) in [5.41, 5.74) is 5.82. The molecule has 1 rings (SSSR count). The van der Waals surface area contributed by atoms with E-state index in [1.807, 2.05) is 0 Å². The van der Waals surface area contributed by atoms with Gasteiger partial charge in [0.25, 0.3) is 0 Å². The quantitative estimate of drug-likeness (QED) is 0.683. The predicted molar refractivity (Wildman–Crippen MR) is 74.4 cm³/mol. The second-order valence-corrected chi connectivity index (χ2v) is 6.03. The number of alkyl halides is 3. The fourth-order valence-corrected chi connectivity index (χ4v) is 3.39. The van der Waals surface area contributed by atoms with Crippen LogP contribution in [0.5, 0.6) is 0 Å². The zero-order valence-corrected chi connectivity index (χ0v) is 12.4. The van der Waals surface area contributed by atoms with E-state index in [1.165, 1.54) is 32.1 Å². The van der Waals surface area contributed by atoms with Crippen LogP contribution in [0.3, 0.4) is 0 Å². The van der Waals surface area contributed by atoms with Crippen molar-refractivity contribution in [3.63, 3.8) is 0 Å². The Balaban J connectivity index is 2.24. The Hall–Kier alpha value is -0.290. The molecule has 1 fully saturated rings. The number of rotatable bonds is 8. The lowest BCUT2D eigenvalue weighted by molar-refractivity contribution is -0.174. The minimum Gasteiger partial charge on any atom is -0.372 e. The van der Waals surface area contributed by atoms with Crippen molar-refractivity contribution in [2.24, 2.45) is 23.5 Å². The second kappa shape index (κ2) is 8.88. The Morgan fingerprint density at radius 3 is 2.50 bits per heavy atom. The highest BCUT2D eigenvalue weighted by atomic mass is 19.4. The van der Waals surface area contributed by atoms with Gasteiger partial charge in [-0.3, -0.25) is 0 Å². The Labute approximate surface area is 120 Å². The van der Waals surface area contributed by atoms with Crippen LogP contribution in [0, 0.1) is 17.8 Å². The van der Waals surface area contributed by atoms with Crippen molar-refractivity contribution in [3.8, 4) is 0 Å². The summed E-state index contributed by atoms with van der Waals surface area (Å²) in [5, 5.41) is 0. The van der Waals surface area contributed by atoms with Gasteiger partial charge in [0.1, 0.15) is 6.61 Å². The third-order valence-corrected chi connectivity index (χ3v) is 4.38. The molecule has 1 saturated carbocycles. The molecule has 2 nitrogen and oxygen atoms in total. The molecule has 3 unspecified atom stereocenters. The van der Waals surface area contributed by atoms with Crippen molar-refractivity contribution in [1.29, 1.82) is 0 Å². The molecule has 0 spiro atoms. The van der Waals surface area contributed by atoms with E-state index in [2.05, 4.69) is 11.7 Å². The maximum atomic E-state index is 11.9.